The highest BCUT2D eigenvalue weighted by molar-refractivity contribution is 7.99. The summed E-state index contributed by atoms with van der Waals surface area (Å²) < 4.78 is 5.38. The average molecular weight is 302 g/mol. The molecule has 112 valence electrons. The summed E-state index contributed by atoms with van der Waals surface area (Å²) in [5.74, 6) is 1.09. The van der Waals surface area contributed by atoms with Crippen molar-refractivity contribution in [2.75, 3.05) is 38.6 Å². The lowest BCUT2D eigenvalue weighted by Gasteiger charge is -2.26. The van der Waals surface area contributed by atoms with Gasteiger partial charge in [-0.1, -0.05) is 11.6 Å². The summed E-state index contributed by atoms with van der Waals surface area (Å²) in [6.07, 6.45) is 0. The van der Waals surface area contributed by atoms with E-state index in [1.807, 2.05) is 11.8 Å². The highest BCUT2D eigenvalue weighted by atomic mass is 32.2. The molecule has 0 radical (unpaired) electrons. The van der Waals surface area contributed by atoms with Crippen molar-refractivity contribution < 1.29 is 4.74 Å². The number of hydrogen-bond acceptors (Lipinski definition) is 4. The number of fused-ring (bicyclic) bond motifs is 1. The smallest absolute Gasteiger partial charge is 0.0997 e. The van der Waals surface area contributed by atoms with Gasteiger partial charge in [-0.05, 0) is 37.6 Å². The van der Waals surface area contributed by atoms with E-state index in [1.54, 1.807) is 0 Å². The van der Waals surface area contributed by atoms with E-state index in [0.29, 0.717) is 0 Å². The largest absolute Gasteiger partial charge is 0.379 e. The van der Waals surface area contributed by atoms with Crippen molar-refractivity contribution in [3.63, 3.8) is 0 Å². The molecule has 1 fully saturated rings. The van der Waals surface area contributed by atoms with Gasteiger partial charge >= 0.3 is 0 Å². The first kappa shape index (κ1) is 14.8. The second-order valence-corrected chi connectivity index (χ2v) is 6.69. The summed E-state index contributed by atoms with van der Waals surface area (Å²) in [4.78, 5) is 7.29. The zero-order valence-electron chi connectivity index (χ0n) is 12.8. The summed E-state index contributed by atoms with van der Waals surface area (Å²) in [7, 11) is 0. The van der Waals surface area contributed by atoms with Crippen LogP contribution in [0, 0.1) is 13.8 Å². The highest BCUT2D eigenvalue weighted by Gasteiger charge is 2.10. The van der Waals surface area contributed by atoms with E-state index in [1.165, 1.54) is 21.5 Å². The number of rotatable bonds is 4. The van der Waals surface area contributed by atoms with E-state index in [4.69, 9.17) is 9.72 Å². The van der Waals surface area contributed by atoms with Crippen molar-refractivity contribution >= 4 is 22.7 Å². The quantitative estimate of drug-likeness (QED) is 0.809. The predicted octanol–water partition coefficient (Wildman–Crippen LogP) is 3.28. The Bertz CT molecular complexity index is 623. The number of morpholine rings is 1. The van der Waals surface area contributed by atoms with Gasteiger partial charge in [0.2, 0.25) is 0 Å². The van der Waals surface area contributed by atoms with Gasteiger partial charge in [-0.3, -0.25) is 4.90 Å². The molecule has 0 atom stereocenters. The number of aromatic nitrogens is 1. The van der Waals surface area contributed by atoms with Crippen LogP contribution in [0.2, 0.25) is 0 Å². The molecule has 2 aromatic rings. The van der Waals surface area contributed by atoms with Gasteiger partial charge in [-0.15, -0.1) is 11.8 Å². The molecule has 0 bridgehead atoms. The van der Waals surface area contributed by atoms with E-state index < -0.39 is 0 Å². The molecular formula is C17H22N2OS. The first-order valence-corrected chi connectivity index (χ1v) is 8.52. The summed E-state index contributed by atoms with van der Waals surface area (Å²) in [6.45, 7) is 9.26. The van der Waals surface area contributed by atoms with Crippen LogP contribution in [-0.2, 0) is 4.74 Å². The van der Waals surface area contributed by atoms with Gasteiger partial charge in [0.1, 0.15) is 0 Å². The fraction of sp³-hybridized carbons (Fsp3) is 0.471. The van der Waals surface area contributed by atoms with Crippen LogP contribution in [-0.4, -0.2) is 48.5 Å². The molecule has 1 saturated heterocycles. The van der Waals surface area contributed by atoms with Gasteiger partial charge in [0.05, 0.1) is 23.8 Å². The minimum Gasteiger partial charge on any atom is -0.379 e. The molecule has 1 aliphatic rings. The van der Waals surface area contributed by atoms with Gasteiger partial charge < -0.3 is 4.74 Å². The molecule has 0 saturated carbocycles. The standard InChI is InChI=1S/C17H22N2OS/c1-13-3-4-16-15(11-13)12-14(2)17(18-16)21-10-7-19-5-8-20-9-6-19/h3-4,11-12H,5-10H2,1-2H3. The normalized spacial score (nSPS) is 16.5. The number of thioether (sulfide) groups is 1. The summed E-state index contributed by atoms with van der Waals surface area (Å²) in [6, 6.07) is 8.72. The Balaban J connectivity index is 1.66. The topological polar surface area (TPSA) is 25.4 Å². The van der Waals surface area contributed by atoms with Gasteiger partial charge in [0.25, 0.3) is 0 Å². The lowest BCUT2D eigenvalue weighted by molar-refractivity contribution is 0.0410. The molecule has 3 nitrogen and oxygen atoms in total. The van der Waals surface area contributed by atoms with Crippen LogP contribution in [0.25, 0.3) is 10.9 Å². The third kappa shape index (κ3) is 3.76. The van der Waals surface area contributed by atoms with Crippen LogP contribution >= 0.6 is 11.8 Å². The molecule has 0 N–H and O–H groups in total. The Morgan fingerprint density at radius 3 is 2.81 bits per heavy atom. The lowest BCUT2D eigenvalue weighted by Crippen LogP contribution is -2.37. The van der Waals surface area contributed by atoms with Crippen molar-refractivity contribution in [3.8, 4) is 0 Å². The van der Waals surface area contributed by atoms with Gasteiger partial charge in [-0.2, -0.15) is 0 Å². The SMILES string of the molecule is Cc1ccc2nc(SCCN3CCOCC3)c(C)cc2c1. The molecule has 3 rings (SSSR count). The number of benzene rings is 1. The molecule has 0 aliphatic carbocycles. The molecule has 4 heteroatoms. The Morgan fingerprint density at radius 1 is 1.19 bits per heavy atom. The zero-order valence-corrected chi connectivity index (χ0v) is 13.6. The Morgan fingerprint density at radius 2 is 2.00 bits per heavy atom. The van der Waals surface area contributed by atoms with Crippen LogP contribution in [0.4, 0.5) is 0 Å². The summed E-state index contributed by atoms with van der Waals surface area (Å²) in [5, 5.41) is 2.41. The van der Waals surface area contributed by atoms with Crippen molar-refractivity contribution in [1.29, 1.82) is 0 Å². The van der Waals surface area contributed by atoms with E-state index in [9.17, 15) is 0 Å². The van der Waals surface area contributed by atoms with E-state index in [-0.39, 0.29) is 0 Å². The molecule has 0 amide bonds. The second-order valence-electron chi connectivity index (χ2n) is 5.61. The third-order valence-corrected chi connectivity index (χ3v) is 4.94. The minimum absolute atomic E-state index is 0.872. The Labute approximate surface area is 130 Å². The predicted molar refractivity (Wildman–Crippen MR) is 89.2 cm³/mol. The van der Waals surface area contributed by atoms with Gasteiger partial charge in [-0.25, -0.2) is 4.98 Å². The van der Waals surface area contributed by atoms with E-state index >= 15 is 0 Å². The van der Waals surface area contributed by atoms with Crippen LogP contribution in [0.3, 0.4) is 0 Å². The van der Waals surface area contributed by atoms with Crippen molar-refractivity contribution in [3.05, 3.63) is 35.4 Å². The number of aryl methyl sites for hydroxylation is 2. The van der Waals surface area contributed by atoms with Crippen LogP contribution < -0.4 is 0 Å². The molecule has 1 aliphatic heterocycles. The molecule has 0 unspecified atom stereocenters. The maximum absolute atomic E-state index is 5.38. The van der Waals surface area contributed by atoms with Gasteiger partial charge in [0, 0.05) is 30.8 Å². The minimum atomic E-state index is 0.872. The molecular weight excluding hydrogens is 280 g/mol. The molecule has 1 aromatic heterocycles. The average Bonchev–Trinajstić information content (AvgIpc) is 2.49. The summed E-state index contributed by atoms with van der Waals surface area (Å²) in [5.41, 5.74) is 3.66. The van der Waals surface area contributed by atoms with E-state index in [2.05, 4.69) is 43.0 Å². The molecule has 0 spiro atoms. The van der Waals surface area contributed by atoms with Crippen LogP contribution in [0.5, 0.6) is 0 Å². The fourth-order valence-electron chi connectivity index (χ4n) is 2.63. The lowest BCUT2D eigenvalue weighted by atomic mass is 10.1. The Hall–Kier alpha value is -1.10. The number of hydrogen-bond donors (Lipinski definition) is 0. The third-order valence-electron chi connectivity index (χ3n) is 3.86. The molecule has 21 heavy (non-hydrogen) atoms. The van der Waals surface area contributed by atoms with Crippen molar-refractivity contribution in [2.45, 2.75) is 18.9 Å². The maximum atomic E-state index is 5.38. The van der Waals surface area contributed by atoms with E-state index in [0.717, 1.165) is 44.1 Å². The number of ether oxygens (including phenoxy) is 1. The van der Waals surface area contributed by atoms with Crippen molar-refractivity contribution in [2.24, 2.45) is 0 Å². The maximum Gasteiger partial charge on any atom is 0.0997 e. The number of pyridine rings is 1. The van der Waals surface area contributed by atoms with Crippen molar-refractivity contribution in [1.82, 2.24) is 9.88 Å². The highest BCUT2D eigenvalue weighted by Crippen LogP contribution is 2.25. The first-order valence-electron chi connectivity index (χ1n) is 7.53. The van der Waals surface area contributed by atoms with Crippen LogP contribution in [0.1, 0.15) is 11.1 Å². The fourth-order valence-corrected chi connectivity index (χ4v) is 3.62. The Kier molecular flexibility index (Phi) is 4.78. The second kappa shape index (κ2) is 6.77. The summed E-state index contributed by atoms with van der Waals surface area (Å²) >= 11 is 1.87. The molecule has 1 aromatic carbocycles. The first-order chi connectivity index (χ1) is 10.2. The monoisotopic (exact) mass is 302 g/mol. The van der Waals surface area contributed by atoms with Gasteiger partial charge in [0.15, 0.2) is 0 Å². The molecule has 2 heterocycles. The zero-order chi connectivity index (χ0) is 14.7. The number of nitrogens with zero attached hydrogens (tertiary/aromatic N) is 2. The van der Waals surface area contributed by atoms with Crippen LogP contribution in [0.15, 0.2) is 29.3 Å².